The fourth-order valence-electron chi connectivity index (χ4n) is 1.62. The fraction of sp³-hybridized carbons (Fsp3) is 0.385. The van der Waals surface area contributed by atoms with Crippen LogP contribution in [0.5, 0.6) is 0 Å². The van der Waals surface area contributed by atoms with Crippen molar-refractivity contribution in [3.63, 3.8) is 0 Å². The predicted octanol–water partition coefficient (Wildman–Crippen LogP) is 1.87. The van der Waals surface area contributed by atoms with Crippen molar-refractivity contribution < 1.29 is 0 Å². The van der Waals surface area contributed by atoms with Crippen molar-refractivity contribution in [2.24, 2.45) is 0 Å². The third-order valence-electron chi connectivity index (χ3n) is 2.54. The molecule has 0 amide bonds. The van der Waals surface area contributed by atoms with Gasteiger partial charge in [0.25, 0.3) is 0 Å². The van der Waals surface area contributed by atoms with Crippen molar-refractivity contribution in [2.45, 2.75) is 26.8 Å². The van der Waals surface area contributed by atoms with Gasteiger partial charge in [-0.25, -0.2) is 19.9 Å². The van der Waals surface area contributed by atoms with Gasteiger partial charge in [-0.3, -0.25) is 0 Å². The lowest BCUT2D eigenvalue weighted by Gasteiger charge is -2.09. The Morgan fingerprint density at radius 2 is 1.89 bits per heavy atom. The highest BCUT2D eigenvalue weighted by Crippen LogP contribution is 2.12. The first-order valence-electron chi connectivity index (χ1n) is 6.42. The van der Waals surface area contributed by atoms with Crippen LogP contribution in [0.3, 0.4) is 0 Å². The van der Waals surface area contributed by atoms with Crippen LogP contribution in [0.2, 0.25) is 0 Å². The van der Waals surface area contributed by atoms with E-state index in [9.17, 15) is 0 Å². The summed E-state index contributed by atoms with van der Waals surface area (Å²) < 4.78 is 0. The van der Waals surface area contributed by atoms with E-state index in [1.54, 1.807) is 12.5 Å². The molecule has 6 nitrogen and oxygen atoms in total. The van der Waals surface area contributed by atoms with Crippen LogP contribution in [-0.4, -0.2) is 26.5 Å². The van der Waals surface area contributed by atoms with Crippen LogP contribution < -0.4 is 10.6 Å². The maximum atomic E-state index is 4.44. The number of nitrogens with zero attached hydrogens (tertiary/aromatic N) is 4. The van der Waals surface area contributed by atoms with Gasteiger partial charge in [-0.1, -0.05) is 6.92 Å². The van der Waals surface area contributed by atoms with Crippen LogP contribution in [0.4, 0.5) is 11.6 Å². The molecule has 0 aliphatic rings. The van der Waals surface area contributed by atoms with Crippen LogP contribution in [0.25, 0.3) is 0 Å². The van der Waals surface area contributed by atoms with Gasteiger partial charge in [0, 0.05) is 25.2 Å². The van der Waals surface area contributed by atoms with Gasteiger partial charge in [-0.05, 0) is 13.0 Å². The first kappa shape index (κ1) is 13.2. The van der Waals surface area contributed by atoms with Gasteiger partial charge in [0.2, 0.25) is 0 Å². The number of nitrogens with one attached hydrogen (secondary N) is 2. The van der Waals surface area contributed by atoms with E-state index in [0.717, 1.165) is 36.1 Å². The number of aromatic nitrogens is 4. The first-order valence-corrected chi connectivity index (χ1v) is 6.42. The van der Waals surface area contributed by atoms with E-state index < -0.39 is 0 Å². The number of hydrogen-bond donors (Lipinski definition) is 2. The van der Waals surface area contributed by atoms with E-state index in [-0.39, 0.29) is 0 Å². The highest BCUT2D eigenvalue weighted by molar-refractivity contribution is 5.47. The molecule has 2 heterocycles. The van der Waals surface area contributed by atoms with Gasteiger partial charge in [-0.15, -0.1) is 0 Å². The molecule has 0 aromatic carbocycles. The zero-order chi connectivity index (χ0) is 13.5. The molecule has 0 aliphatic carbocycles. The monoisotopic (exact) mass is 258 g/mol. The molecule has 100 valence electrons. The lowest BCUT2D eigenvalue weighted by Crippen LogP contribution is -2.08. The van der Waals surface area contributed by atoms with Crippen molar-refractivity contribution in [3.8, 4) is 0 Å². The summed E-state index contributed by atoms with van der Waals surface area (Å²) in [6.07, 6.45) is 4.07. The Labute approximate surface area is 112 Å². The Bertz CT molecular complexity index is 514. The summed E-state index contributed by atoms with van der Waals surface area (Å²) in [4.78, 5) is 16.9. The summed E-state index contributed by atoms with van der Waals surface area (Å²) in [6, 6.07) is 3.78. The van der Waals surface area contributed by atoms with Gasteiger partial charge in [-0.2, -0.15) is 0 Å². The lowest BCUT2D eigenvalue weighted by atomic mass is 10.4. The Hall–Kier alpha value is -2.24. The minimum Gasteiger partial charge on any atom is -0.370 e. The van der Waals surface area contributed by atoms with Crippen molar-refractivity contribution >= 4 is 11.6 Å². The van der Waals surface area contributed by atoms with E-state index >= 15 is 0 Å². The number of aryl methyl sites for hydroxylation is 1. The molecule has 19 heavy (non-hydrogen) atoms. The lowest BCUT2D eigenvalue weighted by molar-refractivity contribution is 0.922. The predicted molar refractivity (Wildman–Crippen MR) is 74.9 cm³/mol. The van der Waals surface area contributed by atoms with E-state index in [4.69, 9.17) is 0 Å². The molecule has 2 aromatic heterocycles. The van der Waals surface area contributed by atoms with Crippen molar-refractivity contribution in [1.29, 1.82) is 0 Å². The molecule has 2 rings (SSSR count). The minimum atomic E-state index is 0.619. The van der Waals surface area contributed by atoms with Crippen LogP contribution in [0.1, 0.15) is 25.4 Å². The maximum absolute atomic E-state index is 4.44. The zero-order valence-electron chi connectivity index (χ0n) is 11.2. The molecule has 0 fully saturated rings. The molecule has 0 spiro atoms. The van der Waals surface area contributed by atoms with Gasteiger partial charge in [0.15, 0.2) is 0 Å². The third-order valence-corrected chi connectivity index (χ3v) is 2.54. The minimum absolute atomic E-state index is 0.619. The molecular weight excluding hydrogens is 240 g/mol. The molecule has 2 N–H and O–H groups in total. The Morgan fingerprint density at radius 3 is 2.53 bits per heavy atom. The van der Waals surface area contributed by atoms with Crippen molar-refractivity contribution in [2.75, 3.05) is 17.2 Å². The van der Waals surface area contributed by atoms with E-state index in [0.29, 0.717) is 6.54 Å². The first-order chi connectivity index (χ1) is 9.31. The molecular formula is C13H18N6. The number of hydrogen-bond acceptors (Lipinski definition) is 6. The molecule has 0 saturated heterocycles. The fourth-order valence-corrected chi connectivity index (χ4v) is 1.62. The Morgan fingerprint density at radius 1 is 1.11 bits per heavy atom. The van der Waals surface area contributed by atoms with E-state index in [2.05, 4.69) is 30.6 Å². The normalized spacial score (nSPS) is 10.2. The quantitative estimate of drug-likeness (QED) is 0.824. The van der Waals surface area contributed by atoms with Crippen LogP contribution in [0.15, 0.2) is 24.7 Å². The van der Waals surface area contributed by atoms with Crippen LogP contribution in [-0.2, 0) is 13.0 Å². The highest BCUT2D eigenvalue weighted by atomic mass is 15.1. The summed E-state index contributed by atoms with van der Waals surface area (Å²) in [5.74, 6) is 2.48. The second-order valence-electron chi connectivity index (χ2n) is 3.99. The van der Waals surface area contributed by atoms with E-state index in [1.807, 2.05) is 26.0 Å². The Kier molecular flexibility index (Phi) is 4.60. The van der Waals surface area contributed by atoms with Gasteiger partial charge >= 0.3 is 0 Å². The average molecular weight is 258 g/mol. The van der Waals surface area contributed by atoms with Crippen LogP contribution in [0, 0.1) is 0 Å². The topological polar surface area (TPSA) is 75.6 Å². The summed E-state index contributed by atoms with van der Waals surface area (Å²) >= 11 is 0. The third kappa shape index (κ3) is 3.87. The SMILES string of the molecule is CCNc1cc(NCc2ccncn2)nc(CC)n1. The molecule has 0 saturated carbocycles. The standard InChI is InChI=1S/C13H18N6/c1-3-11-18-12(15-4-2)7-13(19-11)16-8-10-5-6-14-9-17-10/h5-7,9H,3-4,8H2,1-2H3,(H2,15,16,18,19). The van der Waals surface area contributed by atoms with Crippen molar-refractivity contribution in [3.05, 3.63) is 36.2 Å². The van der Waals surface area contributed by atoms with Crippen LogP contribution >= 0.6 is 0 Å². The molecule has 0 atom stereocenters. The smallest absolute Gasteiger partial charge is 0.132 e. The molecule has 0 unspecified atom stereocenters. The number of rotatable bonds is 6. The second-order valence-corrected chi connectivity index (χ2v) is 3.99. The zero-order valence-corrected chi connectivity index (χ0v) is 11.2. The molecule has 0 radical (unpaired) electrons. The summed E-state index contributed by atoms with van der Waals surface area (Å²) in [7, 11) is 0. The van der Waals surface area contributed by atoms with E-state index in [1.165, 1.54) is 0 Å². The highest BCUT2D eigenvalue weighted by Gasteiger charge is 2.03. The second kappa shape index (κ2) is 6.63. The van der Waals surface area contributed by atoms with Gasteiger partial charge in [0.1, 0.15) is 23.8 Å². The molecule has 0 aliphatic heterocycles. The number of anilines is 2. The Balaban J connectivity index is 2.08. The maximum Gasteiger partial charge on any atom is 0.132 e. The van der Waals surface area contributed by atoms with Gasteiger partial charge in [0.05, 0.1) is 12.2 Å². The molecule has 6 heteroatoms. The van der Waals surface area contributed by atoms with Gasteiger partial charge < -0.3 is 10.6 Å². The van der Waals surface area contributed by atoms with Crippen molar-refractivity contribution in [1.82, 2.24) is 19.9 Å². The summed E-state index contributed by atoms with van der Waals surface area (Å²) in [6.45, 7) is 5.54. The molecule has 2 aromatic rings. The molecule has 0 bridgehead atoms. The average Bonchev–Trinajstić information content (AvgIpc) is 2.46. The largest absolute Gasteiger partial charge is 0.370 e. The summed E-state index contributed by atoms with van der Waals surface area (Å²) in [5.41, 5.74) is 0.927. The summed E-state index contributed by atoms with van der Waals surface area (Å²) in [5, 5.41) is 6.46.